The molecule has 2 N–H and O–H groups in total. The monoisotopic (exact) mass is 726 g/mol. The summed E-state index contributed by atoms with van der Waals surface area (Å²) in [5, 5.41) is 25.4. The molecule has 2 heterocycles. The highest BCUT2D eigenvalue weighted by atomic mass is 16.7. The van der Waals surface area contributed by atoms with E-state index in [4.69, 9.17) is 14.2 Å². The zero-order valence-corrected chi connectivity index (χ0v) is 32.1. The van der Waals surface area contributed by atoms with E-state index in [2.05, 4.69) is 51.1 Å². The van der Waals surface area contributed by atoms with Crippen LogP contribution in [0.2, 0.25) is 0 Å². The lowest BCUT2D eigenvalue weighted by Gasteiger charge is -2.41. The molecule has 1 saturated carbocycles. The molecule has 0 amide bonds. The maximum Gasteiger partial charge on any atom is 0.269 e. The zero-order valence-electron chi connectivity index (χ0n) is 32.1. The standard InChI is InChI=1S/C47H50O7/c1-7-29-20-35(48)44(51)47(53-29)54-45-25(5)36-26(6)46-40-30(15-16-52-46)31(42(49)28-14-13-23(3)24(4)19-28)21-33-38(43(50)27-11-9-8-10-12-27)32-17-22(2)18-34(45)37(32)41(36)39(33)40/h9,11,15-18,20-21,23-24,27-28,35,39,44,47-48,51H,7-8,10,12-14,19H2,1-6H3. The van der Waals surface area contributed by atoms with Crippen LogP contribution in [0.4, 0.5) is 0 Å². The molecule has 54 heavy (non-hydrogen) atoms. The van der Waals surface area contributed by atoms with Crippen LogP contribution in [0.1, 0.15) is 95.2 Å². The van der Waals surface area contributed by atoms with Gasteiger partial charge in [0.15, 0.2) is 17.7 Å². The van der Waals surface area contributed by atoms with Crippen LogP contribution in [0.15, 0.2) is 82.6 Å². The number of allylic oxidation sites excluding steroid dienone is 10. The van der Waals surface area contributed by atoms with Gasteiger partial charge in [0.25, 0.3) is 6.29 Å². The maximum atomic E-state index is 15.1. The number of ether oxygens (including phenoxy) is 3. The molecule has 0 radical (unpaired) electrons. The van der Waals surface area contributed by atoms with Crippen molar-refractivity contribution in [1.82, 2.24) is 0 Å². The molecule has 1 fully saturated rings. The quantitative estimate of drug-likeness (QED) is 0.290. The SMILES string of the molecule is CCC1=CC(O)C(O)C(Oc2c(C)c3c4c5c(cc(C)cc25)=C(C(=O)C2C=CCCC2)C2=CC(C(=O)C5CCC(C)C(C)C5)=C5C=COC(=C5C24)C=3C)O1. The minimum Gasteiger partial charge on any atom is -0.464 e. The number of hydrogen-bond acceptors (Lipinski definition) is 7. The normalized spacial score (nSPS) is 30.9. The molecule has 0 spiro atoms. The Hall–Kier alpha value is -4.46. The van der Waals surface area contributed by atoms with Crippen molar-refractivity contribution in [2.75, 3.05) is 0 Å². The first-order chi connectivity index (χ1) is 26.0. The number of ketones is 2. The van der Waals surface area contributed by atoms with Crippen LogP contribution in [0.25, 0.3) is 21.9 Å². The number of rotatable bonds is 7. The number of hydrogen-bond donors (Lipinski definition) is 2. The Labute approximate surface area is 316 Å². The summed E-state index contributed by atoms with van der Waals surface area (Å²) in [6.45, 7) is 12.6. The minimum atomic E-state index is -1.30. The third-order valence-electron chi connectivity index (χ3n) is 13.4. The summed E-state index contributed by atoms with van der Waals surface area (Å²) < 4.78 is 19.3. The summed E-state index contributed by atoms with van der Waals surface area (Å²) in [5.74, 6) is 2.42. The summed E-state index contributed by atoms with van der Waals surface area (Å²) in [5.41, 5.74) is 7.90. The molecule has 2 aliphatic heterocycles. The molecule has 280 valence electrons. The molecular weight excluding hydrogens is 677 g/mol. The molecule has 9 rings (SSSR count). The van der Waals surface area contributed by atoms with Gasteiger partial charge in [-0.05, 0) is 145 Å². The average molecular weight is 727 g/mol. The topological polar surface area (TPSA) is 102 Å². The van der Waals surface area contributed by atoms with Crippen molar-refractivity contribution in [2.24, 2.45) is 23.7 Å². The molecule has 0 saturated heterocycles. The highest BCUT2D eigenvalue weighted by Gasteiger charge is 2.46. The zero-order chi connectivity index (χ0) is 37.7. The third-order valence-corrected chi connectivity index (χ3v) is 13.4. The fraction of sp³-hybridized carbons (Fsp3) is 0.447. The second kappa shape index (κ2) is 13.1. The van der Waals surface area contributed by atoms with Gasteiger partial charge in [-0.3, -0.25) is 9.59 Å². The van der Waals surface area contributed by atoms with Crippen LogP contribution in [0.5, 0.6) is 5.75 Å². The number of aryl methyl sites for hydroxylation is 1. The van der Waals surface area contributed by atoms with Gasteiger partial charge in [-0.25, -0.2) is 0 Å². The summed E-state index contributed by atoms with van der Waals surface area (Å²) in [4.78, 5) is 30.0. The first-order valence-electron chi connectivity index (χ1n) is 20.0. The lowest BCUT2D eigenvalue weighted by atomic mass is 9.62. The Bertz CT molecular complexity index is 2360. The smallest absolute Gasteiger partial charge is 0.269 e. The second-order valence-electron chi connectivity index (χ2n) is 16.7. The Morgan fingerprint density at radius 1 is 1.02 bits per heavy atom. The molecule has 7 aliphatic rings. The van der Waals surface area contributed by atoms with Crippen molar-refractivity contribution in [3.63, 3.8) is 0 Å². The number of benzene rings is 2. The fourth-order valence-corrected chi connectivity index (χ4v) is 10.4. The molecular formula is C47H50O7. The van der Waals surface area contributed by atoms with E-state index in [0.717, 1.165) is 98.7 Å². The molecule has 2 aromatic rings. The van der Waals surface area contributed by atoms with E-state index in [0.29, 0.717) is 46.7 Å². The lowest BCUT2D eigenvalue weighted by molar-refractivity contribution is -0.160. The molecule has 5 aliphatic carbocycles. The van der Waals surface area contributed by atoms with Gasteiger partial charge < -0.3 is 24.4 Å². The molecule has 0 aromatic heterocycles. The third kappa shape index (κ3) is 5.21. The average Bonchev–Trinajstić information content (AvgIpc) is 3.17. The van der Waals surface area contributed by atoms with Crippen LogP contribution in [-0.4, -0.2) is 40.3 Å². The molecule has 8 atom stereocenters. The van der Waals surface area contributed by atoms with E-state index >= 15 is 4.79 Å². The van der Waals surface area contributed by atoms with Crippen LogP contribution < -0.4 is 15.2 Å². The van der Waals surface area contributed by atoms with Crippen LogP contribution in [0.3, 0.4) is 0 Å². The molecule has 7 nitrogen and oxygen atoms in total. The first-order valence-corrected chi connectivity index (χ1v) is 20.0. The second-order valence-corrected chi connectivity index (χ2v) is 16.7. The van der Waals surface area contributed by atoms with Gasteiger partial charge in [-0.15, -0.1) is 0 Å². The highest BCUT2D eigenvalue weighted by molar-refractivity contribution is 6.26. The minimum absolute atomic E-state index is 0.0699. The van der Waals surface area contributed by atoms with E-state index in [1.54, 1.807) is 6.26 Å². The number of carbonyl (C=O) groups excluding carboxylic acids is 2. The van der Waals surface area contributed by atoms with Gasteiger partial charge in [0.1, 0.15) is 17.6 Å². The highest BCUT2D eigenvalue weighted by Crippen LogP contribution is 2.55. The first kappa shape index (κ1) is 35.3. The van der Waals surface area contributed by atoms with Gasteiger partial charge in [-0.2, -0.15) is 0 Å². The largest absolute Gasteiger partial charge is 0.464 e. The summed E-state index contributed by atoms with van der Waals surface area (Å²) in [6, 6.07) is 4.21. The van der Waals surface area contributed by atoms with Crippen molar-refractivity contribution in [3.05, 3.63) is 110 Å². The molecule has 0 bridgehead atoms. The lowest BCUT2D eigenvalue weighted by Crippen LogP contribution is -2.45. The predicted octanol–water partition coefficient (Wildman–Crippen LogP) is 7.24. The van der Waals surface area contributed by atoms with Crippen molar-refractivity contribution in [1.29, 1.82) is 0 Å². The van der Waals surface area contributed by atoms with Gasteiger partial charge >= 0.3 is 0 Å². The Kier molecular flexibility index (Phi) is 8.55. The van der Waals surface area contributed by atoms with Gasteiger partial charge in [0.2, 0.25) is 0 Å². The summed E-state index contributed by atoms with van der Waals surface area (Å²) >= 11 is 0. The van der Waals surface area contributed by atoms with Crippen LogP contribution >= 0.6 is 0 Å². The predicted molar refractivity (Wildman–Crippen MR) is 208 cm³/mol. The maximum absolute atomic E-state index is 15.1. The number of carbonyl (C=O) groups is 2. The van der Waals surface area contributed by atoms with Crippen LogP contribution in [0, 0.1) is 37.5 Å². The number of aliphatic hydroxyl groups excluding tert-OH is 2. The Morgan fingerprint density at radius 3 is 2.57 bits per heavy atom. The van der Waals surface area contributed by atoms with Gasteiger partial charge in [0, 0.05) is 46.3 Å². The van der Waals surface area contributed by atoms with Crippen molar-refractivity contribution >= 4 is 33.5 Å². The van der Waals surface area contributed by atoms with Crippen molar-refractivity contribution < 1.29 is 34.0 Å². The van der Waals surface area contributed by atoms with Crippen LogP contribution in [-0.2, 0) is 19.1 Å². The number of Topliss-reactive ketones (excluding diaryl/α,β-unsaturated/α-hetero) is 2. The summed E-state index contributed by atoms with van der Waals surface area (Å²) in [6.07, 6.45) is 13.9. The molecule has 8 unspecified atom stereocenters. The van der Waals surface area contributed by atoms with E-state index in [1.165, 1.54) is 6.08 Å². The number of aliphatic hydroxyl groups is 2. The fourth-order valence-electron chi connectivity index (χ4n) is 10.4. The van der Waals surface area contributed by atoms with E-state index < -0.39 is 18.5 Å². The van der Waals surface area contributed by atoms with Gasteiger partial charge in [0.05, 0.1) is 12.0 Å². The van der Waals surface area contributed by atoms with Gasteiger partial charge in [-0.1, -0.05) is 39.0 Å². The van der Waals surface area contributed by atoms with E-state index in [1.807, 2.05) is 26.8 Å². The Morgan fingerprint density at radius 2 is 1.83 bits per heavy atom. The van der Waals surface area contributed by atoms with E-state index in [-0.39, 0.29) is 29.3 Å². The molecule has 7 heteroatoms. The van der Waals surface area contributed by atoms with E-state index in [9.17, 15) is 15.0 Å². The Balaban J connectivity index is 1.36. The van der Waals surface area contributed by atoms with Crippen molar-refractivity contribution in [3.8, 4) is 5.75 Å². The van der Waals surface area contributed by atoms with Crippen molar-refractivity contribution in [2.45, 2.75) is 111 Å². The molecule has 2 aromatic carbocycles. The summed E-state index contributed by atoms with van der Waals surface area (Å²) in [7, 11) is 0.